The van der Waals surface area contributed by atoms with E-state index >= 15 is 0 Å². The van der Waals surface area contributed by atoms with Crippen LogP contribution in [0.1, 0.15) is 36.0 Å². The van der Waals surface area contributed by atoms with Crippen molar-refractivity contribution in [2.75, 3.05) is 0 Å². The summed E-state index contributed by atoms with van der Waals surface area (Å²) in [5, 5.41) is 9.73. The molecule has 7 heteroatoms. The number of halogens is 1. The number of hydrogen-bond acceptors (Lipinski definition) is 5. The van der Waals surface area contributed by atoms with Crippen LogP contribution in [0.5, 0.6) is 5.75 Å². The topological polar surface area (TPSA) is 69.9 Å². The summed E-state index contributed by atoms with van der Waals surface area (Å²) >= 11 is 6.08. The van der Waals surface area contributed by atoms with E-state index in [0.717, 1.165) is 16.7 Å². The highest BCUT2D eigenvalue weighted by Crippen LogP contribution is 2.28. The van der Waals surface area contributed by atoms with Gasteiger partial charge < -0.3 is 4.74 Å². The fourth-order valence-electron chi connectivity index (χ4n) is 2.94. The third-order valence-electron chi connectivity index (χ3n) is 4.43. The van der Waals surface area contributed by atoms with Crippen LogP contribution in [-0.4, -0.2) is 25.8 Å². The molecule has 2 aromatic carbocycles. The molecule has 4 aromatic rings. The minimum atomic E-state index is -0.320. The Morgan fingerprint density at radius 1 is 1.18 bits per heavy atom. The number of pyridine rings is 1. The average Bonchev–Trinajstić information content (AvgIpc) is 3.19. The second kappa shape index (κ2) is 7.40. The number of para-hydroxylation sites is 1. The number of aromatic nitrogens is 4. The summed E-state index contributed by atoms with van der Waals surface area (Å²) < 4.78 is 7.71. The Bertz CT molecular complexity index is 1170. The van der Waals surface area contributed by atoms with Crippen LogP contribution in [0.2, 0.25) is 5.02 Å². The zero-order chi connectivity index (χ0) is 19.7. The molecule has 0 spiro atoms. The molecule has 0 saturated carbocycles. The Labute approximate surface area is 166 Å². The highest BCUT2D eigenvalue weighted by molar-refractivity contribution is 6.33. The molecule has 2 aromatic heterocycles. The normalized spacial score (nSPS) is 12.1. The Balaban J connectivity index is 1.60. The van der Waals surface area contributed by atoms with Crippen molar-refractivity contribution in [3.8, 4) is 11.4 Å². The van der Waals surface area contributed by atoms with E-state index in [-0.39, 0.29) is 11.9 Å². The van der Waals surface area contributed by atoms with Gasteiger partial charge in [-0.3, -0.25) is 9.78 Å². The molecule has 2 heterocycles. The zero-order valence-electron chi connectivity index (χ0n) is 15.3. The first-order chi connectivity index (χ1) is 13.5. The molecule has 0 amide bonds. The first-order valence-corrected chi connectivity index (χ1v) is 9.14. The van der Waals surface area contributed by atoms with Crippen LogP contribution in [0.4, 0.5) is 0 Å². The number of benzene rings is 2. The zero-order valence-corrected chi connectivity index (χ0v) is 16.1. The second-order valence-corrected chi connectivity index (χ2v) is 6.80. The minimum absolute atomic E-state index is 0.103. The molecule has 0 N–H and O–H groups in total. The van der Waals surface area contributed by atoms with E-state index in [1.165, 1.54) is 6.92 Å². The molecule has 0 bridgehead atoms. The van der Waals surface area contributed by atoms with Crippen molar-refractivity contribution < 1.29 is 9.53 Å². The molecule has 0 saturated heterocycles. The quantitative estimate of drug-likeness (QED) is 0.456. The third-order valence-corrected chi connectivity index (χ3v) is 4.76. The Kier molecular flexibility index (Phi) is 4.79. The summed E-state index contributed by atoms with van der Waals surface area (Å²) in [5.74, 6) is 0.631. The fraction of sp³-hybridized carbons (Fsp3) is 0.143. The summed E-state index contributed by atoms with van der Waals surface area (Å²) in [7, 11) is 0. The molecule has 0 radical (unpaired) electrons. The lowest BCUT2D eigenvalue weighted by molar-refractivity contribution is 0.101. The number of carbonyl (C=O) groups is 1. The van der Waals surface area contributed by atoms with Gasteiger partial charge in [-0.1, -0.05) is 28.9 Å². The standard InChI is InChI=1S/C21H17ClN4O2/c1-13(27)17-11-15(7-8-18(17)22)26-12-20(24-25-26)14(2)28-21-9-10-23-19-6-4-3-5-16(19)21/h3-12,14H,1-2H3/t14-/m1/s1. The van der Waals surface area contributed by atoms with Crippen molar-refractivity contribution in [2.24, 2.45) is 0 Å². The van der Waals surface area contributed by atoms with Crippen molar-refractivity contribution in [1.82, 2.24) is 20.0 Å². The third kappa shape index (κ3) is 3.46. The van der Waals surface area contributed by atoms with E-state index in [1.807, 2.05) is 37.3 Å². The van der Waals surface area contributed by atoms with Crippen LogP contribution in [0.15, 0.2) is 60.9 Å². The number of nitrogens with zero attached hydrogens (tertiary/aromatic N) is 4. The van der Waals surface area contributed by atoms with Gasteiger partial charge in [0.15, 0.2) is 5.78 Å². The van der Waals surface area contributed by atoms with Gasteiger partial charge in [0.1, 0.15) is 17.5 Å². The van der Waals surface area contributed by atoms with E-state index in [9.17, 15) is 4.79 Å². The molecule has 28 heavy (non-hydrogen) atoms. The molecular formula is C21H17ClN4O2. The van der Waals surface area contributed by atoms with Crippen LogP contribution < -0.4 is 4.74 Å². The van der Waals surface area contributed by atoms with Gasteiger partial charge in [-0.25, -0.2) is 4.68 Å². The second-order valence-electron chi connectivity index (χ2n) is 6.39. The number of fused-ring (bicyclic) bond motifs is 1. The van der Waals surface area contributed by atoms with Crippen LogP contribution in [0.25, 0.3) is 16.6 Å². The van der Waals surface area contributed by atoms with Crippen LogP contribution in [0.3, 0.4) is 0 Å². The first-order valence-electron chi connectivity index (χ1n) is 8.76. The van der Waals surface area contributed by atoms with Gasteiger partial charge in [-0.05, 0) is 50.2 Å². The van der Waals surface area contributed by atoms with Crippen LogP contribution >= 0.6 is 11.6 Å². The largest absolute Gasteiger partial charge is 0.484 e. The molecule has 0 fully saturated rings. The summed E-state index contributed by atoms with van der Waals surface area (Å²) in [6, 6.07) is 14.8. The van der Waals surface area contributed by atoms with Gasteiger partial charge in [0.25, 0.3) is 0 Å². The average molecular weight is 393 g/mol. The smallest absolute Gasteiger partial charge is 0.161 e. The Morgan fingerprint density at radius 3 is 2.82 bits per heavy atom. The summed E-state index contributed by atoms with van der Waals surface area (Å²) in [6.45, 7) is 3.39. The molecule has 1 atom stereocenters. The maximum absolute atomic E-state index is 11.7. The van der Waals surface area contributed by atoms with E-state index < -0.39 is 0 Å². The molecular weight excluding hydrogens is 376 g/mol. The fourth-order valence-corrected chi connectivity index (χ4v) is 3.19. The van der Waals surface area contributed by atoms with E-state index in [4.69, 9.17) is 16.3 Å². The maximum Gasteiger partial charge on any atom is 0.161 e. The summed E-state index contributed by atoms with van der Waals surface area (Å²) in [5.41, 5.74) is 2.69. The lowest BCUT2D eigenvalue weighted by Crippen LogP contribution is -2.04. The number of Topliss-reactive ketones (excluding diaryl/α,β-unsaturated/α-hetero) is 1. The predicted octanol–water partition coefficient (Wildman–Crippen LogP) is 4.81. The van der Waals surface area contributed by atoms with E-state index in [2.05, 4.69) is 15.3 Å². The van der Waals surface area contributed by atoms with Gasteiger partial charge >= 0.3 is 0 Å². The van der Waals surface area contributed by atoms with Crippen molar-refractivity contribution in [3.63, 3.8) is 0 Å². The summed E-state index contributed by atoms with van der Waals surface area (Å²) in [6.07, 6.45) is 3.18. The maximum atomic E-state index is 11.7. The first kappa shape index (κ1) is 18.1. The highest BCUT2D eigenvalue weighted by Gasteiger charge is 2.15. The molecule has 140 valence electrons. The number of rotatable bonds is 5. The van der Waals surface area contributed by atoms with E-state index in [0.29, 0.717) is 22.0 Å². The van der Waals surface area contributed by atoms with Crippen molar-refractivity contribution in [2.45, 2.75) is 20.0 Å². The highest BCUT2D eigenvalue weighted by atomic mass is 35.5. The molecule has 6 nitrogen and oxygen atoms in total. The Hall–Kier alpha value is -3.25. The molecule has 0 aliphatic carbocycles. The van der Waals surface area contributed by atoms with Gasteiger partial charge in [-0.15, -0.1) is 5.10 Å². The monoisotopic (exact) mass is 392 g/mol. The SMILES string of the molecule is CC(=O)c1cc(-n2cc([C@@H](C)Oc3ccnc4ccccc34)nn2)ccc1Cl. The van der Waals surface area contributed by atoms with Crippen molar-refractivity contribution in [1.29, 1.82) is 0 Å². The van der Waals surface area contributed by atoms with Crippen LogP contribution in [-0.2, 0) is 0 Å². The van der Waals surface area contributed by atoms with Crippen molar-refractivity contribution >= 4 is 28.3 Å². The number of ketones is 1. The van der Waals surface area contributed by atoms with Gasteiger partial charge in [-0.2, -0.15) is 0 Å². The number of hydrogen-bond donors (Lipinski definition) is 0. The van der Waals surface area contributed by atoms with Gasteiger partial charge in [0.05, 0.1) is 22.4 Å². The molecule has 0 aliphatic heterocycles. The molecule has 0 aliphatic rings. The Morgan fingerprint density at radius 2 is 2.00 bits per heavy atom. The van der Waals surface area contributed by atoms with E-state index in [1.54, 1.807) is 35.3 Å². The van der Waals surface area contributed by atoms with Gasteiger partial charge in [0, 0.05) is 17.1 Å². The predicted molar refractivity (Wildman–Crippen MR) is 107 cm³/mol. The molecule has 4 rings (SSSR count). The van der Waals surface area contributed by atoms with Gasteiger partial charge in [0.2, 0.25) is 0 Å². The number of carbonyl (C=O) groups excluding carboxylic acids is 1. The number of ether oxygens (including phenoxy) is 1. The lowest BCUT2D eigenvalue weighted by atomic mass is 10.1. The lowest BCUT2D eigenvalue weighted by Gasteiger charge is -2.13. The summed E-state index contributed by atoms with van der Waals surface area (Å²) in [4.78, 5) is 16.1. The minimum Gasteiger partial charge on any atom is -0.484 e. The van der Waals surface area contributed by atoms with Crippen molar-refractivity contribution in [3.05, 3.63) is 77.2 Å². The molecule has 0 unspecified atom stereocenters. The van der Waals surface area contributed by atoms with Crippen LogP contribution in [0, 0.1) is 0 Å².